The number of carbonyl (C=O) groups excluding carboxylic acids is 1. The van der Waals surface area contributed by atoms with Crippen LogP contribution < -0.4 is 14.2 Å². The second-order valence-electron chi connectivity index (χ2n) is 5.91. The summed E-state index contributed by atoms with van der Waals surface area (Å²) in [5.74, 6) is -0.178. The van der Waals surface area contributed by atoms with Gasteiger partial charge in [0.25, 0.3) is 0 Å². The Morgan fingerprint density at radius 1 is 1.08 bits per heavy atom. The molecule has 2 heterocycles. The Kier molecular flexibility index (Phi) is 3.84. The molecule has 0 fully saturated rings. The van der Waals surface area contributed by atoms with E-state index in [1.165, 1.54) is 13.2 Å². The number of hydrogen-bond acceptors (Lipinski definition) is 7. The van der Waals surface area contributed by atoms with E-state index >= 15 is 0 Å². The van der Waals surface area contributed by atoms with Crippen LogP contribution >= 0.6 is 0 Å². The second-order valence-corrected chi connectivity index (χ2v) is 5.91. The van der Waals surface area contributed by atoms with Crippen molar-refractivity contribution >= 4 is 5.97 Å². The topological polar surface area (TPSA) is 94.5 Å². The van der Waals surface area contributed by atoms with Crippen LogP contribution in [0.1, 0.15) is 17.0 Å². The highest BCUT2D eigenvalue weighted by molar-refractivity contribution is 5.94. The highest BCUT2D eigenvalue weighted by atomic mass is 16.7. The van der Waals surface area contributed by atoms with E-state index in [1.54, 1.807) is 30.3 Å². The minimum absolute atomic E-state index is 0.0536. The third-order valence-corrected chi connectivity index (χ3v) is 4.42. The summed E-state index contributed by atoms with van der Waals surface area (Å²) in [4.78, 5) is 12.3. The molecule has 0 aromatic heterocycles. The number of carbonyl (C=O) groups is 1. The maximum Gasteiger partial charge on any atom is 0.338 e. The van der Waals surface area contributed by atoms with Gasteiger partial charge in [-0.15, -0.1) is 0 Å². The summed E-state index contributed by atoms with van der Waals surface area (Å²) in [7, 11) is 1.53. The zero-order valence-electron chi connectivity index (χ0n) is 13.9. The molecule has 26 heavy (non-hydrogen) atoms. The summed E-state index contributed by atoms with van der Waals surface area (Å²) in [6, 6.07) is 10.1. The molecule has 0 bridgehead atoms. The van der Waals surface area contributed by atoms with Crippen LogP contribution in [0.3, 0.4) is 0 Å². The monoisotopic (exact) mass is 356 g/mol. The standard InChI is InChI=1S/C19H16O7/c1-23-11-4-2-3-10(5-11)17(18-14(21)8-24-19(18)22)12-6-15-16(7-13(12)20)26-9-25-15/h2-7,17,20-21H,8-9H2,1H3/t17-/m0/s1. The lowest BCUT2D eigenvalue weighted by Crippen LogP contribution is -2.12. The van der Waals surface area contributed by atoms with Crippen LogP contribution in [-0.4, -0.2) is 36.7 Å². The number of phenolic OH excluding ortho intramolecular Hbond substituents is 1. The third-order valence-electron chi connectivity index (χ3n) is 4.42. The number of rotatable bonds is 4. The van der Waals surface area contributed by atoms with Gasteiger partial charge < -0.3 is 29.2 Å². The molecule has 0 unspecified atom stereocenters. The second kappa shape index (κ2) is 6.18. The molecule has 7 heteroatoms. The van der Waals surface area contributed by atoms with E-state index in [4.69, 9.17) is 18.9 Å². The fourth-order valence-electron chi connectivity index (χ4n) is 3.19. The highest BCUT2D eigenvalue weighted by Crippen LogP contribution is 2.46. The summed E-state index contributed by atoms with van der Waals surface area (Å²) in [5, 5.41) is 20.8. The summed E-state index contributed by atoms with van der Waals surface area (Å²) in [6.45, 7) is -0.141. The number of fused-ring (bicyclic) bond motifs is 1. The van der Waals surface area contributed by atoms with Crippen LogP contribution in [0.2, 0.25) is 0 Å². The molecule has 0 aliphatic carbocycles. The lowest BCUT2D eigenvalue weighted by Gasteiger charge is -2.20. The number of methoxy groups -OCH3 is 1. The van der Waals surface area contributed by atoms with Crippen molar-refractivity contribution in [3.8, 4) is 23.0 Å². The van der Waals surface area contributed by atoms with Gasteiger partial charge in [-0.05, 0) is 23.8 Å². The Bertz CT molecular complexity index is 916. The summed E-state index contributed by atoms with van der Waals surface area (Å²) in [5.41, 5.74) is 1.12. The van der Waals surface area contributed by atoms with Crippen LogP contribution in [0.25, 0.3) is 0 Å². The van der Waals surface area contributed by atoms with Gasteiger partial charge in [0.05, 0.1) is 12.7 Å². The minimum atomic E-state index is -0.755. The molecule has 2 aromatic rings. The molecule has 0 spiro atoms. The Labute approximate surface area is 149 Å². The molecule has 1 atom stereocenters. The lowest BCUT2D eigenvalue weighted by atomic mass is 9.83. The average molecular weight is 356 g/mol. The normalized spacial score (nSPS) is 16.6. The predicted octanol–water partition coefficient (Wildman–Crippen LogP) is 2.63. The smallest absolute Gasteiger partial charge is 0.338 e. The van der Waals surface area contributed by atoms with Gasteiger partial charge >= 0.3 is 5.97 Å². The van der Waals surface area contributed by atoms with E-state index in [0.29, 0.717) is 28.4 Å². The van der Waals surface area contributed by atoms with Crippen molar-refractivity contribution in [1.29, 1.82) is 0 Å². The third kappa shape index (κ3) is 2.57. The van der Waals surface area contributed by atoms with Crippen molar-refractivity contribution < 1.29 is 34.0 Å². The molecule has 2 aliphatic heterocycles. The van der Waals surface area contributed by atoms with Crippen LogP contribution in [0.4, 0.5) is 0 Å². The van der Waals surface area contributed by atoms with E-state index in [9.17, 15) is 15.0 Å². The molecule has 0 radical (unpaired) electrons. The number of aromatic hydroxyl groups is 1. The molecule has 134 valence electrons. The zero-order valence-corrected chi connectivity index (χ0v) is 13.9. The summed E-state index contributed by atoms with van der Waals surface area (Å²) >= 11 is 0. The number of cyclic esters (lactones) is 1. The van der Waals surface area contributed by atoms with Gasteiger partial charge in [-0.3, -0.25) is 0 Å². The van der Waals surface area contributed by atoms with Gasteiger partial charge in [-0.25, -0.2) is 4.79 Å². The van der Waals surface area contributed by atoms with Crippen molar-refractivity contribution in [3.05, 3.63) is 58.9 Å². The number of aliphatic hydroxyl groups is 1. The Hall–Kier alpha value is -3.35. The van der Waals surface area contributed by atoms with Gasteiger partial charge in [0, 0.05) is 17.5 Å². The molecule has 4 rings (SSSR count). The van der Waals surface area contributed by atoms with Crippen LogP contribution in [0.15, 0.2) is 47.7 Å². The first kappa shape index (κ1) is 16.1. The van der Waals surface area contributed by atoms with Gasteiger partial charge in [0.1, 0.15) is 23.9 Å². The minimum Gasteiger partial charge on any atom is -0.508 e. The van der Waals surface area contributed by atoms with Crippen molar-refractivity contribution in [2.75, 3.05) is 20.5 Å². The summed E-state index contributed by atoms with van der Waals surface area (Å²) in [6.07, 6.45) is 0. The average Bonchev–Trinajstić information content (AvgIpc) is 3.23. The Balaban J connectivity index is 1.92. The van der Waals surface area contributed by atoms with Crippen molar-refractivity contribution in [2.24, 2.45) is 0 Å². The summed E-state index contributed by atoms with van der Waals surface area (Å²) < 4.78 is 20.9. The van der Waals surface area contributed by atoms with Gasteiger partial charge in [-0.1, -0.05) is 12.1 Å². The SMILES string of the molecule is COc1cccc([C@H](C2=C(O)COC2=O)c2cc3c(cc2O)OCO3)c1. The molecule has 0 saturated carbocycles. The molecule has 2 N–H and O–H groups in total. The number of aliphatic hydroxyl groups excluding tert-OH is 1. The molecule has 0 saturated heterocycles. The number of benzene rings is 2. The van der Waals surface area contributed by atoms with Gasteiger partial charge in [-0.2, -0.15) is 0 Å². The number of ether oxygens (including phenoxy) is 4. The fraction of sp³-hybridized carbons (Fsp3) is 0.211. The van der Waals surface area contributed by atoms with Crippen LogP contribution in [0, 0.1) is 0 Å². The number of phenols is 1. The predicted molar refractivity (Wildman–Crippen MR) is 89.7 cm³/mol. The number of hydrogen-bond donors (Lipinski definition) is 2. The van der Waals surface area contributed by atoms with Crippen LogP contribution in [-0.2, 0) is 9.53 Å². The van der Waals surface area contributed by atoms with E-state index in [2.05, 4.69) is 0 Å². The maximum absolute atomic E-state index is 12.3. The lowest BCUT2D eigenvalue weighted by molar-refractivity contribution is -0.136. The van der Waals surface area contributed by atoms with E-state index in [-0.39, 0.29) is 30.5 Å². The van der Waals surface area contributed by atoms with Crippen LogP contribution in [0.5, 0.6) is 23.0 Å². The van der Waals surface area contributed by atoms with Crippen molar-refractivity contribution in [1.82, 2.24) is 0 Å². The first-order valence-corrected chi connectivity index (χ1v) is 7.94. The first-order valence-electron chi connectivity index (χ1n) is 7.94. The largest absolute Gasteiger partial charge is 0.508 e. The van der Waals surface area contributed by atoms with E-state index in [0.717, 1.165) is 0 Å². The van der Waals surface area contributed by atoms with Gasteiger partial charge in [0.15, 0.2) is 11.5 Å². The first-order chi connectivity index (χ1) is 12.6. The van der Waals surface area contributed by atoms with Crippen molar-refractivity contribution in [2.45, 2.75) is 5.92 Å². The highest BCUT2D eigenvalue weighted by Gasteiger charge is 2.36. The van der Waals surface area contributed by atoms with Gasteiger partial charge in [0.2, 0.25) is 6.79 Å². The Morgan fingerprint density at radius 2 is 1.85 bits per heavy atom. The van der Waals surface area contributed by atoms with E-state index < -0.39 is 11.9 Å². The number of esters is 1. The quantitative estimate of drug-likeness (QED) is 0.813. The van der Waals surface area contributed by atoms with Crippen molar-refractivity contribution in [3.63, 3.8) is 0 Å². The molecule has 2 aromatic carbocycles. The zero-order chi connectivity index (χ0) is 18.3. The molecule has 2 aliphatic rings. The molecular formula is C19H16O7. The molecular weight excluding hydrogens is 340 g/mol. The van der Waals surface area contributed by atoms with E-state index in [1.807, 2.05) is 0 Å². The Morgan fingerprint density at radius 3 is 2.54 bits per heavy atom. The molecule has 7 nitrogen and oxygen atoms in total. The fourth-order valence-corrected chi connectivity index (χ4v) is 3.19. The molecule has 0 amide bonds. The maximum atomic E-state index is 12.3.